The Morgan fingerprint density at radius 3 is 1.15 bits per heavy atom. The van der Waals surface area contributed by atoms with Gasteiger partial charge in [-0.2, -0.15) is 0 Å². The molecule has 0 radical (unpaired) electrons. The van der Waals surface area contributed by atoms with Gasteiger partial charge < -0.3 is 62.3 Å². The zero-order chi connectivity index (χ0) is 53.8. The standard InChI is InChI=1S/C27H50N4O7.C23H44N4O6/c1-20(2)24(33)11-13-25(34)30-14-6-5-9-23(27(28)36)31-26(35)12-10-22(32)8-7-16-37-18-19-38-17-15-29-21(3)4;1-17(2)20(28)8-9-21(29)26-11-6-5-7-19(23(24)31)27-22(30)10-13-32-15-16-33-14-12-25-18(3)4/h20-21,23,29H,5-19H2,1-4H3,(H2,28,36)(H,30,34)(H,31,35);17-19,25H,5-16H2,1-4H3,(H2,24,31)(H,26,29)(H,27,30)/t23-;19-/m00/s1. The molecule has 2 atom stereocenters. The van der Waals surface area contributed by atoms with Crippen LogP contribution in [0.3, 0.4) is 0 Å². The molecule has 10 N–H and O–H groups in total. The van der Waals surface area contributed by atoms with E-state index >= 15 is 0 Å². The van der Waals surface area contributed by atoms with Gasteiger partial charge in [0.1, 0.15) is 29.4 Å². The molecule has 0 aromatic rings. The zero-order valence-corrected chi connectivity index (χ0v) is 44.5. The highest BCUT2D eigenvalue weighted by Gasteiger charge is 2.20. The number of hydrogen-bond donors (Lipinski definition) is 8. The third-order valence-corrected chi connectivity index (χ3v) is 10.5. The van der Waals surface area contributed by atoms with E-state index in [1.165, 1.54) is 0 Å². The van der Waals surface area contributed by atoms with E-state index in [1.807, 2.05) is 13.8 Å². The Hall–Kier alpha value is -4.41. The lowest BCUT2D eigenvalue weighted by Gasteiger charge is -2.15. The summed E-state index contributed by atoms with van der Waals surface area (Å²) in [4.78, 5) is 106. The van der Waals surface area contributed by atoms with Gasteiger partial charge in [-0.15, -0.1) is 0 Å². The van der Waals surface area contributed by atoms with Crippen molar-refractivity contribution in [2.75, 3.05) is 79.0 Å². The summed E-state index contributed by atoms with van der Waals surface area (Å²) < 4.78 is 21.7. The van der Waals surface area contributed by atoms with E-state index in [0.29, 0.717) is 123 Å². The summed E-state index contributed by atoms with van der Waals surface area (Å²) in [6, 6.07) is -0.728. The van der Waals surface area contributed by atoms with Crippen molar-refractivity contribution < 1.29 is 62.1 Å². The molecule has 0 aromatic carbocycles. The lowest BCUT2D eigenvalue weighted by molar-refractivity contribution is -0.129. The van der Waals surface area contributed by atoms with Crippen molar-refractivity contribution in [2.24, 2.45) is 23.3 Å². The van der Waals surface area contributed by atoms with E-state index in [0.717, 1.165) is 13.1 Å². The van der Waals surface area contributed by atoms with Crippen LogP contribution in [0.15, 0.2) is 0 Å². The Morgan fingerprint density at radius 2 is 0.761 bits per heavy atom. The minimum absolute atomic E-state index is 0.00707. The van der Waals surface area contributed by atoms with Gasteiger partial charge in [-0.25, -0.2) is 0 Å². The van der Waals surface area contributed by atoms with Crippen LogP contribution in [0.4, 0.5) is 0 Å². The van der Waals surface area contributed by atoms with Gasteiger partial charge in [0.2, 0.25) is 35.4 Å². The quantitative estimate of drug-likeness (QED) is 0.0405. The molecule has 0 saturated heterocycles. The first-order valence-corrected chi connectivity index (χ1v) is 25.7. The number of hydrogen-bond acceptors (Lipinski definition) is 15. The molecule has 0 aliphatic rings. The lowest BCUT2D eigenvalue weighted by Crippen LogP contribution is -2.44. The summed E-state index contributed by atoms with van der Waals surface area (Å²) in [5, 5.41) is 17.2. The molecule has 0 bridgehead atoms. The van der Waals surface area contributed by atoms with E-state index in [1.54, 1.807) is 13.8 Å². The molecule has 71 heavy (non-hydrogen) atoms. The van der Waals surface area contributed by atoms with Crippen LogP contribution in [0.5, 0.6) is 0 Å². The monoisotopic (exact) mass is 1010 g/mol. The molecular weight excluding hydrogens is 921 g/mol. The van der Waals surface area contributed by atoms with Crippen LogP contribution in [0.25, 0.3) is 0 Å². The normalized spacial score (nSPS) is 12.0. The van der Waals surface area contributed by atoms with Crippen LogP contribution in [0.2, 0.25) is 0 Å². The summed E-state index contributed by atoms with van der Waals surface area (Å²) in [6.45, 7) is 21.7. The van der Waals surface area contributed by atoms with Gasteiger partial charge in [-0.05, 0) is 44.9 Å². The highest BCUT2D eigenvalue weighted by molar-refractivity contribution is 5.89. The lowest BCUT2D eigenvalue weighted by atomic mass is 10.0. The van der Waals surface area contributed by atoms with Crippen molar-refractivity contribution >= 4 is 52.8 Å². The maximum absolute atomic E-state index is 12.2. The fraction of sp³-hybridized carbons (Fsp3) is 0.820. The number of Topliss-reactive ketones (excluding diaryl/α,β-unsaturated/α-hetero) is 3. The highest BCUT2D eigenvalue weighted by Crippen LogP contribution is 2.06. The van der Waals surface area contributed by atoms with Crippen LogP contribution in [0.1, 0.15) is 152 Å². The van der Waals surface area contributed by atoms with Gasteiger partial charge >= 0.3 is 0 Å². The van der Waals surface area contributed by atoms with E-state index in [9.17, 15) is 43.2 Å². The first-order valence-electron chi connectivity index (χ1n) is 25.7. The second kappa shape index (κ2) is 45.5. The van der Waals surface area contributed by atoms with Gasteiger partial charge in [-0.3, -0.25) is 43.2 Å². The van der Waals surface area contributed by atoms with Gasteiger partial charge in [0.25, 0.3) is 0 Å². The summed E-state index contributed by atoms with van der Waals surface area (Å²) in [5.41, 5.74) is 10.8. The number of amides is 6. The minimum Gasteiger partial charge on any atom is -0.379 e. The van der Waals surface area contributed by atoms with Gasteiger partial charge in [0.05, 0.1) is 46.2 Å². The fourth-order valence-electron chi connectivity index (χ4n) is 6.13. The summed E-state index contributed by atoms with van der Waals surface area (Å²) >= 11 is 0. The molecule has 6 amide bonds. The van der Waals surface area contributed by atoms with Crippen molar-refractivity contribution in [3.8, 4) is 0 Å². The van der Waals surface area contributed by atoms with Gasteiger partial charge in [0, 0.05) is 108 Å². The second-order valence-electron chi connectivity index (χ2n) is 18.5. The third-order valence-electron chi connectivity index (χ3n) is 10.5. The van der Waals surface area contributed by atoms with Crippen molar-refractivity contribution in [1.29, 1.82) is 0 Å². The molecule has 412 valence electrons. The molecule has 21 heteroatoms. The fourth-order valence-corrected chi connectivity index (χ4v) is 6.13. The summed E-state index contributed by atoms with van der Waals surface area (Å²) in [7, 11) is 0. The smallest absolute Gasteiger partial charge is 0.239 e. The molecule has 0 rings (SSSR count). The molecule has 0 heterocycles. The summed E-state index contributed by atoms with van der Waals surface area (Å²) in [5.74, 6) is -2.35. The molecule has 0 aliphatic heterocycles. The largest absolute Gasteiger partial charge is 0.379 e. The third kappa shape index (κ3) is 46.4. The van der Waals surface area contributed by atoms with E-state index in [-0.39, 0.29) is 98.5 Å². The Morgan fingerprint density at radius 1 is 0.380 bits per heavy atom. The number of nitrogens with two attached hydrogens (primary N) is 2. The van der Waals surface area contributed by atoms with Crippen LogP contribution in [0, 0.1) is 11.8 Å². The maximum atomic E-state index is 12.2. The zero-order valence-electron chi connectivity index (χ0n) is 44.5. The minimum atomic E-state index is -0.825. The van der Waals surface area contributed by atoms with Gasteiger partial charge in [0.15, 0.2) is 0 Å². The number of ketones is 3. The molecule has 0 aromatic heterocycles. The Balaban J connectivity index is 0. The average molecular weight is 1020 g/mol. The van der Waals surface area contributed by atoms with Crippen molar-refractivity contribution in [2.45, 2.75) is 176 Å². The molecule has 0 spiro atoms. The predicted molar refractivity (Wildman–Crippen MR) is 272 cm³/mol. The topological polar surface area (TPSA) is 315 Å². The van der Waals surface area contributed by atoms with Crippen LogP contribution >= 0.6 is 0 Å². The summed E-state index contributed by atoms with van der Waals surface area (Å²) in [6.07, 6.45) is 5.07. The SMILES string of the molecule is CC(C)NCCOCCOCCC(=O)N[C@@H](CCCCNC(=O)CCC(=O)C(C)C)C(N)=O.CC(C)NCCOCCOCCCC(=O)CCC(=O)N[C@@H](CCCCNC(=O)CCC(=O)C(C)C)C(N)=O. The number of carbonyl (C=O) groups is 9. The number of ether oxygens (including phenoxy) is 4. The molecule has 0 aliphatic carbocycles. The number of carbonyl (C=O) groups excluding carboxylic acids is 9. The van der Waals surface area contributed by atoms with E-state index in [4.69, 9.17) is 30.4 Å². The highest BCUT2D eigenvalue weighted by atomic mass is 16.5. The first-order chi connectivity index (χ1) is 33.7. The predicted octanol–water partition coefficient (Wildman–Crippen LogP) is 2.08. The Kier molecular flexibility index (Phi) is 44.0. The van der Waals surface area contributed by atoms with E-state index < -0.39 is 29.8 Å². The molecular formula is C50H94N8O13. The molecule has 0 unspecified atom stereocenters. The molecule has 0 saturated carbocycles. The Labute approximate surface area is 424 Å². The number of rotatable bonds is 46. The average Bonchev–Trinajstić information content (AvgIpc) is 3.30. The van der Waals surface area contributed by atoms with Crippen molar-refractivity contribution in [3.63, 3.8) is 0 Å². The van der Waals surface area contributed by atoms with Gasteiger partial charge in [-0.1, -0.05) is 55.4 Å². The van der Waals surface area contributed by atoms with Crippen molar-refractivity contribution in [1.82, 2.24) is 31.9 Å². The molecule has 0 fully saturated rings. The maximum Gasteiger partial charge on any atom is 0.239 e. The first kappa shape index (κ1) is 68.7. The Bertz CT molecular complexity index is 1510. The van der Waals surface area contributed by atoms with Crippen LogP contribution in [-0.4, -0.2) is 156 Å². The van der Waals surface area contributed by atoms with E-state index in [2.05, 4.69) is 59.6 Å². The van der Waals surface area contributed by atoms with Crippen LogP contribution < -0.4 is 43.4 Å². The number of nitrogens with one attached hydrogen (secondary N) is 6. The molecule has 21 nitrogen and oxygen atoms in total. The number of unbranched alkanes of at least 4 members (excludes halogenated alkanes) is 2. The number of primary amides is 2. The van der Waals surface area contributed by atoms with Crippen LogP contribution in [-0.2, 0) is 62.1 Å². The van der Waals surface area contributed by atoms with Crippen molar-refractivity contribution in [3.05, 3.63) is 0 Å². The second-order valence-corrected chi connectivity index (χ2v) is 18.5.